The van der Waals surface area contributed by atoms with Gasteiger partial charge in [-0.25, -0.2) is 0 Å². The first kappa shape index (κ1) is 11.9. The monoisotopic (exact) mass is 178 g/mol. The molecule has 0 aliphatic rings. The molecule has 0 aliphatic carbocycles. The lowest BCUT2D eigenvalue weighted by atomic mass is 9.93. The largest absolute Gasteiger partial charge is 0.294 e. The highest BCUT2D eigenvalue weighted by atomic mass is 16.1. The van der Waals surface area contributed by atoms with E-state index in [9.17, 15) is 4.79 Å². The molecule has 0 aliphatic heterocycles. The number of hydrogen-bond donors (Lipinski definition) is 0. The first-order valence-electron chi connectivity index (χ1n) is 4.70. The van der Waals surface area contributed by atoms with Crippen LogP contribution in [0.15, 0.2) is 37.0 Å². The van der Waals surface area contributed by atoms with E-state index in [1.54, 1.807) is 18.2 Å². The lowest BCUT2D eigenvalue weighted by Gasteiger charge is -2.10. The molecule has 0 saturated carbocycles. The Morgan fingerprint density at radius 1 is 1.31 bits per heavy atom. The molecule has 72 valence electrons. The molecule has 1 heteroatoms. The van der Waals surface area contributed by atoms with Crippen LogP contribution in [0.3, 0.4) is 0 Å². The van der Waals surface area contributed by atoms with Gasteiger partial charge in [0, 0.05) is 11.5 Å². The number of carbonyl (C=O) groups excluding carboxylic acids is 1. The maximum absolute atomic E-state index is 11.7. The second kappa shape index (κ2) is 6.41. The van der Waals surface area contributed by atoms with E-state index in [1.807, 2.05) is 13.8 Å². The smallest absolute Gasteiger partial charge is 0.165 e. The van der Waals surface area contributed by atoms with Crippen molar-refractivity contribution in [2.75, 3.05) is 0 Å². The van der Waals surface area contributed by atoms with Crippen LogP contribution in [-0.4, -0.2) is 5.78 Å². The third kappa shape index (κ3) is 3.41. The molecule has 0 aromatic heterocycles. The second-order valence-corrected chi connectivity index (χ2v) is 2.94. The summed E-state index contributed by atoms with van der Waals surface area (Å²) in [7, 11) is 0. The SMILES string of the molecule is C=C/C=C(\C=C)C(=O)C(CC)CC. The van der Waals surface area contributed by atoms with E-state index in [1.165, 1.54) is 0 Å². The van der Waals surface area contributed by atoms with Crippen molar-refractivity contribution in [3.05, 3.63) is 37.0 Å². The molecule has 0 fully saturated rings. The lowest BCUT2D eigenvalue weighted by molar-refractivity contribution is -0.119. The molecule has 1 nitrogen and oxygen atoms in total. The number of allylic oxidation sites excluding steroid dienone is 4. The molecular weight excluding hydrogens is 160 g/mol. The van der Waals surface area contributed by atoms with Crippen molar-refractivity contribution in [2.24, 2.45) is 5.92 Å². The van der Waals surface area contributed by atoms with Crippen molar-refractivity contribution >= 4 is 5.78 Å². The Hall–Kier alpha value is -1.11. The quantitative estimate of drug-likeness (QED) is 0.450. The topological polar surface area (TPSA) is 17.1 Å². The fourth-order valence-electron chi connectivity index (χ4n) is 1.27. The van der Waals surface area contributed by atoms with Crippen LogP contribution in [0.1, 0.15) is 26.7 Å². The molecule has 0 N–H and O–H groups in total. The first-order valence-corrected chi connectivity index (χ1v) is 4.70. The number of hydrogen-bond acceptors (Lipinski definition) is 1. The van der Waals surface area contributed by atoms with Crippen LogP contribution < -0.4 is 0 Å². The average Bonchev–Trinajstić information content (AvgIpc) is 2.15. The van der Waals surface area contributed by atoms with Crippen molar-refractivity contribution < 1.29 is 4.79 Å². The number of Topliss-reactive ketones (excluding diaryl/α,β-unsaturated/α-hetero) is 1. The van der Waals surface area contributed by atoms with Gasteiger partial charge in [-0.15, -0.1) is 0 Å². The van der Waals surface area contributed by atoms with Crippen LogP contribution in [0.4, 0.5) is 0 Å². The summed E-state index contributed by atoms with van der Waals surface area (Å²) in [6.07, 6.45) is 6.71. The maximum Gasteiger partial charge on any atom is 0.165 e. The van der Waals surface area contributed by atoms with Crippen LogP contribution in [0.5, 0.6) is 0 Å². The molecule has 0 radical (unpaired) electrons. The van der Waals surface area contributed by atoms with Gasteiger partial charge in [0.15, 0.2) is 5.78 Å². The van der Waals surface area contributed by atoms with Gasteiger partial charge in [-0.2, -0.15) is 0 Å². The van der Waals surface area contributed by atoms with Gasteiger partial charge in [0.05, 0.1) is 0 Å². The Bertz CT molecular complexity index is 219. The standard InChI is InChI=1S/C12H18O/c1-5-9-11(8-4)12(13)10(6-2)7-3/h5,8-10H,1,4,6-7H2,2-3H3/b11-9+. The fourth-order valence-corrected chi connectivity index (χ4v) is 1.27. The van der Waals surface area contributed by atoms with Crippen LogP contribution in [0, 0.1) is 5.92 Å². The molecule has 0 saturated heterocycles. The van der Waals surface area contributed by atoms with Gasteiger partial charge in [0.1, 0.15) is 0 Å². The lowest BCUT2D eigenvalue weighted by Crippen LogP contribution is -2.13. The molecule has 0 rings (SSSR count). The van der Waals surface area contributed by atoms with E-state index in [0.717, 1.165) is 12.8 Å². The Balaban J connectivity index is 4.62. The Morgan fingerprint density at radius 2 is 1.85 bits per heavy atom. The van der Waals surface area contributed by atoms with Crippen LogP contribution in [-0.2, 0) is 4.79 Å². The Kier molecular flexibility index (Phi) is 5.86. The summed E-state index contributed by atoms with van der Waals surface area (Å²) in [6, 6.07) is 0. The minimum atomic E-state index is 0.129. The summed E-state index contributed by atoms with van der Waals surface area (Å²) in [4.78, 5) is 11.7. The van der Waals surface area contributed by atoms with Crippen LogP contribution in [0.25, 0.3) is 0 Å². The van der Waals surface area contributed by atoms with Gasteiger partial charge in [-0.3, -0.25) is 4.79 Å². The molecule has 0 spiro atoms. The molecule has 0 atom stereocenters. The van der Waals surface area contributed by atoms with E-state index in [0.29, 0.717) is 5.57 Å². The van der Waals surface area contributed by atoms with Gasteiger partial charge in [-0.05, 0) is 12.8 Å². The molecule has 13 heavy (non-hydrogen) atoms. The summed E-state index contributed by atoms with van der Waals surface area (Å²) < 4.78 is 0. The minimum Gasteiger partial charge on any atom is -0.294 e. The summed E-state index contributed by atoms with van der Waals surface area (Å²) >= 11 is 0. The second-order valence-electron chi connectivity index (χ2n) is 2.94. The fraction of sp³-hybridized carbons (Fsp3) is 0.417. The number of carbonyl (C=O) groups is 1. The molecule has 0 heterocycles. The highest BCUT2D eigenvalue weighted by Gasteiger charge is 2.15. The number of rotatable bonds is 6. The van der Waals surface area contributed by atoms with E-state index in [4.69, 9.17) is 0 Å². The predicted molar refractivity (Wildman–Crippen MR) is 57.6 cm³/mol. The summed E-state index contributed by atoms with van der Waals surface area (Å²) in [5.41, 5.74) is 0.670. The molecule has 0 unspecified atom stereocenters. The Labute approximate surface area is 80.8 Å². The molecule has 0 aromatic rings. The Morgan fingerprint density at radius 3 is 2.15 bits per heavy atom. The molecule has 0 amide bonds. The highest BCUT2D eigenvalue weighted by molar-refractivity contribution is 5.99. The molecule has 0 aromatic carbocycles. The van der Waals surface area contributed by atoms with Gasteiger partial charge in [0.2, 0.25) is 0 Å². The molecular formula is C12H18O. The van der Waals surface area contributed by atoms with Gasteiger partial charge in [0.25, 0.3) is 0 Å². The van der Waals surface area contributed by atoms with Gasteiger partial charge < -0.3 is 0 Å². The van der Waals surface area contributed by atoms with Crippen molar-refractivity contribution in [3.63, 3.8) is 0 Å². The normalized spacial score (nSPS) is 11.5. The predicted octanol–water partition coefficient (Wildman–Crippen LogP) is 3.29. The van der Waals surface area contributed by atoms with Crippen LogP contribution >= 0.6 is 0 Å². The number of ketones is 1. The molecule has 0 bridgehead atoms. The van der Waals surface area contributed by atoms with Crippen molar-refractivity contribution in [2.45, 2.75) is 26.7 Å². The highest BCUT2D eigenvalue weighted by Crippen LogP contribution is 2.15. The zero-order valence-corrected chi connectivity index (χ0v) is 8.55. The summed E-state index contributed by atoms with van der Waals surface area (Å²) in [5.74, 6) is 0.309. The van der Waals surface area contributed by atoms with Crippen molar-refractivity contribution in [3.8, 4) is 0 Å². The van der Waals surface area contributed by atoms with Gasteiger partial charge >= 0.3 is 0 Å². The average molecular weight is 178 g/mol. The van der Waals surface area contributed by atoms with Gasteiger partial charge in [-0.1, -0.05) is 45.2 Å². The van der Waals surface area contributed by atoms with Crippen molar-refractivity contribution in [1.29, 1.82) is 0 Å². The summed E-state index contributed by atoms with van der Waals surface area (Å²) in [6.45, 7) is 11.2. The maximum atomic E-state index is 11.7. The zero-order chi connectivity index (χ0) is 10.3. The van der Waals surface area contributed by atoms with Crippen LogP contribution in [0.2, 0.25) is 0 Å². The first-order chi connectivity index (χ1) is 6.21. The summed E-state index contributed by atoms with van der Waals surface area (Å²) in [5, 5.41) is 0. The zero-order valence-electron chi connectivity index (χ0n) is 8.55. The van der Waals surface area contributed by atoms with Crippen molar-refractivity contribution in [1.82, 2.24) is 0 Å². The third-order valence-corrected chi connectivity index (χ3v) is 2.16. The third-order valence-electron chi connectivity index (χ3n) is 2.16. The van der Waals surface area contributed by atoms with E-state index in [-0.39, 0.29) is 11.7 Å². The minimum absolute atomic E-state index is 0.129. The van der Waals surface area contributed by atoms with E-state index >= 15 is 0 Å². The van der Waals surface area contributed by atoms with E-state index < -0.39 is 0 Å². The van der Waals surface area contributed by atoms with E-state index in [2.05, 4.69) is 13.2 Å².